The number of esters is 1. The van der Waals surface area contributed by atoms with Crippen molar-refractivity contribution in [2.45, 2.75) is 33.4 Å². The van der Waals surface area contributed by atoms with Gasteiger partial charge in [0.2, 0.25) is 0 Å². The molecule has 1 atom stereocenters. The molecule has 0 unspecified atom stereocenters. The maximum absolute atomic E-state index is 12.0. The highest BCUT2D eigenvalue weighted by Crippen LogP contribution is 2.16. The minimum Gasteiger partial charge on any atom is -0.452 e. The Morgan fingerprint density at radius 2 is 1.76 bits per heavy atom. The van der Waals surface area contributed by atoms with Gasteiger partial charge in [-0.3, -0.25) is 4.79 Å². The predicted octanol–water partition coefficient (Wildman–Crippen LogP) is 2.83. The fraction of sp³-hybridized carbons (Fsp3) is 0.300. The Bertz CT molecular complexity index is 753. The molecule has 2 N–H and O–H groups in total. The zero-order valence-corrected chi connectivity index (χ0v) is 14.7. The molecule has 132 valence electrons. The van der Waals surface area contributed by atoms with Crippen LogP contribution in [-0.2, 0) is 16.1 Å². The SMILES string of the molecule is Cc1ccc([C@@H](C)NC(=O)COC(=O)c2ccc(CO)cc2)cc1C. The van der Waals surface area contributed by atoms with E-state index in [1.165, 1.54) is 5.56 Å². The van der Waals surface area contributed by atoms with E-state index in [9.17, 15) is 9.59 Å². The van der Waals surface area contributed by atoms with E-state index in [0.717, 1.165) is 11.1 Å². The van der Waals surface area contributed by atoms with Crippen molar-refractivity contribution >= 4 is 11.9 Å². The molecule has 2 aromatic rings. The topological polar surface area (TPSA) is 75.6 Å². The standard InChI is InChI=1S/C20H23NO4/c1-13-4-7-18(10-14(13)2)15(3)21-19(23)12-25-20(24)17-8-5-16(11-22)6-9-17/h4-10,15,22H,11-12H2,1-3H3,(H,21,23)/t15-/m1/s1. The first-order valence-electron chi connectivity index (χ1n) is 8.14. The minimum absolute atomic E-state index is 0.0892. The third-order valence-corrected chi connectivity index (χ3v) is 4.12. The summed E-state index contributed by atoms with van der Waals surface area (Å²) in [7, 11) is 0. The Kier molecular flexibility index (Phi) is 6.31. The van der Waals surface area contributed by atoms with Crippen molar-refractivity contribution < 1.29 is 19.4 Å². The largest absolute Gasteiger partial charge is 0.452 e. The molecule has 25 heavy (non-hydrogen) atoms. The predicted molar refractivity (Wildman–Crippen MR) is 95.1 cm³/mol. The van der Waals surface area contributed by atoms with Crippen molar-refractivity contribution in [3.05, 3.63) is 70.3 Å². The van der Waals surface area contributed by atoms with Gasteiger partial charge < -0.3 is 15.2 Å². The Balaban J connectivity index is 1.86. The Morgan fingerprint density at radius 1 is 1.08 bits per heavy atom. The van der Waals surface area contributed by atoms with Crippen LogP contribution in [0.25, 0.3) is 0 Å². The molecular weight excluding hydrogens is 318 g/mol. The third-order valence-electron chi connectivity index (χ3n) is 4.12. The summed E-state index contributed by atoms with van der Waals surface area (Å²) in [6.45, 7) is 5.52. The number of ether oxygens (including phenoxy) is 1. The van der Waals surface area contributed by atoms with Crippen molar-refractivity contribution in [1.29, 1.82) is 0 Å². The number of carbonyl (C=O) groups excluding carboxylic acids is 2. The number of nitrogens with one attached hydrogen (secondary N) is 1. The first-order chi connectivity index (χ1) is 11.9. The van der Waals surface area contributed by atoms with Gasteiger partial charge in [0.15, 0.2) is 6.61 Å². The lowest BCUT2D eigenvalue weighted by atomic mass is 10.0. The van der Waals surface area contributed by atoms with E-state index in [-0.39, 0.29) is 25.2 Å². The zero-order chi connectivity index (χ0) is 18.4. The molecule has 0 heterocycles. The molecule has 5 nitrogen and oxygen atoms in total. The smallest absolute Gasteiger partial charge is 0.338 e. The molecule has 0 aliphatic heterocycles. The van der Waals surface area contributed by atoms with Crippen LogP contribution in [0.1, 0.15) is 45.6 Å². The number of aryl methyl sites for hydroxylation is 2. The van der Waals surface area contributed by atoms with Gasteiger partial charge in [-0.2, -0.15) is 0 Å². The van der Waals surface area contributed by atoms with Crippen LogP contribution in [0.4, 0.5) is 0 Å². The fourth-order valence-electron chi connectivity index (χ4n) is 2.36. The molecule has 0 aromatic heterocycles. The van der Waals surface area contributed by atoms with Gasteiger partial charge in [0.1, 0.15) is 0 Å². The first-order valence-corrected chi connectivity index (χ1v) is 8.14. The molecule has 2 rings (SSSR count). The lowest BCUT2D eigenvalue weighted by Gasteiger charge is -2.15. The van der Waals surface area contributed by atoms with Crippen LogP contribution in [-0.4, -0.2) is 23.6 Å². The van der Waals surface area contributed by atoms with Crippen LogP contribution in [0.5, 0.6) is 0 Å². The van der Waals surface area contributed by atoms with Crippen LogP contribution in [0.3, 0.4) is 0 Å². The van der Waals surface area contributed by atoms with Gasteiger partial charge in [-0.05, 0) is 55.2 Å². The van der Waals surface area contributed by atoms with Crippen molar-refractivity contribution in [2.75, 3.05) is 6.61 Å². The summed E-state index contributed by atoms with van der Waals surface area (Å²) in [6, 6.07) is 12.2. The number of rotatable bonds is 6. The molecule has 0 saturated heterocycles. The van der Waals surface area contributed by atoms with Crippen molar-refractivity contribution in [3.63, 3.8) is 0 Å². The second kappa shape index (κ2) is 8.44. The van der Waals surface area contributed by atoms with E-state index in [2.05, 4.69) is 5.32 Å². The summed E-state index contributed by atoms with van der Waals surface area (Å²) in [5, 5.41) is 11.8. The number of hydrogen-bond donors (Lipinski definition) is 2. The van der Waals surface area contributed by atoms with Gasteiger partial charge >= 0.3 is 5.97 Å². The van der Waals surface area contributed by atoms with Gasteiger partial charge in [-0.15, -0.1) is 0 Å². The summed E-state index contributed by atoms with van der Waals surface area (Å²) in [6.07, 6.45) is 0. The monoisotopic (exact) mass is 341 g/mol. The van der Waals surface area contributed by atoms with E-state index >= 15 is 0 Å². The highest BCUT2D eigenvalue weighted by molar-refractivity contribution is 5.91. The van der Waals surface area contributed by atoms with E-state index in [0.29, 0.717) is 11.1 Å². The first kappa shape index (κ1) is 18.7. The Hall–Kier alpha value is -2.66. The summed E-state index contributed by atoms with van der Waals surface area (Å²) >= 11 is 0. The number of amides is 1. The maximum atomic E-state index is 12.0. The molecule has 0 bridgehead atoms. The van der Waals surface area contributed by atoms with Crippen LogP contribution < -0.4 is 5.32 Å². The Morgan fingerprint density at radius 3 is 2.36 bits per heavy atom. The van der Waals surface area contributed by atoms with Gasteiger partial charge in [0, 0.05) is 0 Å². The number of hydrogen-bond acceptors (Lipinski definition) is 4. The Labute approximate surface area is 147 Å². The molecule has 0 aliphatic carbocycles. The third kappa shape index (κ3) is 5.16. The normalized spacial score (nSPS) is 11.7. The average molecular weight is 341 g/mol. The highest BCUT2D eigenvalue weighted by atomic mass is 16.5. The lowest BCUT2D eigenvalue weighted by molar-refractivity contribution is -0.124. The molecule has 1 amide bonds. The number of aliphatic hydroxyl groups excluding tert-OH is 1. The fourth-order valence-corrected chi connectivity index (χ4v) is 2.36. The van der Waals surface area contributed by atoms with Crippen molar-refractivity contribution in [1.82, 2.24) is 5.32 Å². The van der Waals surface area contributed by atoms with Crippen molar-refractivity contribution in [2.24, 2.45) is 0 Å². The van der Waals surface area contributed by atoms with E-state index in [1.807, 2.05) is 39.0 Å². The quantitative estimate of drug-likeness (QED) is 0.792. The minimum atomic E-state index is -0.571. The van der Waals surface area contributed by atoms with Crippen LogP contribution in [0.15, 0.2) is 42.5 Å². The van der Waals surface area contributed by atoms with Crippen LogP contribution in [0.2, 0.25) is 0 Å². The average Bonchev–Trinajstić information content (AvgIpc) is 2.62. The molecule has 0 fully saturated rings. The van der Waals surface area contributed by atoms with Crippen LogP contribution in [0, 0.1) is 13.8 Å². The second-order valence-electron chi connectivity index (χ2n) is 6.06. The van der Waals surface area contributed by atoms with Gasteiger partial charge in [0.05, 0.1) is 18.2 Å². The second-order valence-corrected chi connectivity index (χ2v) is 6.06. The van der Waals surface area contributed by atoms with Gasteiger partial charge in [0.25, 0.3) is 5.91 Å². The van der Waals surface area contributed by atoms with Gasteiger partial charge in [-0.1, -0.05) is 30.3 Å². The number of aliphatic hydroxyl groups is 1. The number of benzene rings is 2. The molecule has 0 radical (unpaired) electrons. The van der Waals surface area contributed by atoms with E-state index in [1.54, 1.807) is 24.3 Å². The molecule has 2 aromatic carbocycles. The summed E-state index contributed by atoms with van der Waals surface area (Å²) < 4.78 is 5.03. The summed E-state index contributed by atoms with van der Waals surface area (Å²) in [5.41, 5.74) is 4.41. The lowest BCUT2D eigenvalue weighted by Crippen LogP contribution is -2.31. The van der Waals surface area contributed by atoms with E-state index < -0.39 is 5.97 Å². The summed E-state index contributed by atoms with van der Waals surface area (Å²) in [5.74, 6) is -0.926. The molecule has 0 saturated carbocycles. The molecule has 0 spiro atoms. The molecular formula is C20H23NO4. The molecule has 0 aliphatic rings. The maximum Gasteiger partial charge on any atom is 0.338 e. The summed E-state index contributed by atoms with van der Waals surface area (Å²) in [4.78, 5) is 23.9. The van der Waals surface area contributed by atoms with Crippen LogP contribution >= 0.6 is 0 Å². The molecule has 5 heteroatoms. The van der Waals surface area contributed by atoms with E-state index in [4.69, 9.17) is 9.84 Å². The van der Waals surface area contributed by atoms with Crippen molar-refractivity contribution in [3.8, 4) is 0 Å². The van der Waals surface area contributed by atoms with Gasteiger partial charge in [-0.25, -0.2) is 4.79 Å². The highest BCUT2D eigenvalue weighted by Gasteiger charge is 2.13. The zero-order valence-electron chi connectivity index (χ0n) is 14.7. The number of carbonyl (C=O) groups is 2.